The number of hydrogen-bond acceptors (Lipinski definition) is 2. The highest BCUT2D eigenvalue weighted by Gasteiger charge is 2.17. The van der Waals surface area contributed by atoms with Crippen LogP contribution in [0.25, 0.3) is 0 Å². The lowest BCUT2D eigenvalue weighted by molar-refractivity contribution is -0.138. The Labute approximate surface area is 83.3 Å². The summed E-state index contributed by atoms with van der Waals surface area (Å²) in [5.41, 5.74) is 0.791. The van der Waals surface area contributed by atoms with Crippen LogP contribution in [-0.4, -0.2) is 18.2 Å². The van der Waals surface area contributed by atoms with Gasteiger partial charge in [-0.2, -0.15) is 0 Å². The monoisotopic (exact) mass is 194 g/mol. The molecule has 76 valence electrons. The van der Waals surface area contributed by atoms with Crippen molar-refractivity contribution in [3.05, 3.63) is 29.8 Å². The molecule has 0 saturated carbocycles. The Balaban J connectivity index is 2.98. The number of aliphatic carboxylic acids is 1. The fraction of sp³-hybridized carbons (Fsp3) is 0.364. The summed E-state index contributed by atoms with van der Waals surface area (Å²) >= 11 is 0. The highest BCUT2D eigenvalue weighted by molar-refractivity contribution is 5.76. The molecule has 1 aromatic rings. The van der Waals surface area contributed by atoms with Gasteiger partial charge in [-0.1, -0.05) is 19.1 Å². The largest absolute Gasteiger partial charge is 0.497 e. The van der Waals surface area contributed by atoms with Gasteiger partial charge in [-0.15, -0.1) is 0 Å². The highest BCUT2D eigenvalue weighted by atomic mass is 16.5. The minimum absolute atomic E-state index is 0.440. The first-order valence-electron chi connectivity index (χ1n) is 4.55. The average Bonchev–Trinajstić information content (AvgIpc) is 2.19. The van der Waals surface area contributed by atoms with Gasteiger partial charge in [-0.25, -0.2) is 0 Å². The maximum Gasteiger partial charge on any atom is 0.310 e. The van der Waals surface area contributed by atoms with E-state index < -0.39 is 11.9 Å². The molecule has 3 heteroatoms. The lowest BCUT2D eigenvalue weighted by Crippen LogP contribution is -2.10. The molecule has 0 bridgehead atoms. The van der Waals surface area contributed by atoms with Crippen LogP contribution in [0.4, 0.5) is 0 Å². The van der Waals surface area contributed by atoms with Crippen LogP contribution in [0.5, 0.6) is 5.75 Å². The Bertz CT molecular complexity index is 320. The van der Waals surface area contributed by atoms with Gasteiger partial charge in [0.05, 0.1) is 13.0 Å². The summed E-state index contributed by atoms with van der Waals surface area (Å²) in [6, 6.07) is 7.19. The molecule has 1 N–H and O–H groups in total. The smallest absolute Gasteiger partial charge is 0.310 e. The van der Waals surface area contributed by atoms with Crippen molar-refractivity contribution in [3.63, 3.8) is 0 Å². The summed E-state index contributed by atoms with van der Waals surface area (Å²) in [5, 5.41) is 8.95. The van der Waals surface area contributed by atoms with Crippen molar-refractivity contribution in [2.75, 3.05) is 7.11 Å². The zero-order valence-corrected chi connectivity index (χ0v) is 8.36. The van der Waals surface area contributed by atoms with Crippen molar-refractivity contribution < 1.29 is 14.6 Å². The molecule has 1 unspecified atom stereocenters. The van der Waals surface area contributed by atoms with E-state index in [4.69, 9.17) is 9.84 Å². The van der Waals surface area contributed by atoms with Crippen molar-refractivity contribution >= 4 is 5.97 Å². The minimum atomic E-state index is -0.791. The Hall–Kier alpha value is -1.51. The first-order chi connectivity index (χ1) is 6.69. The molecule has 1 aromatic carbocycles. The second-order valence-corrected chi connectivity index (χ2v) is 3.08. The van der Waals surface area contributed by atoms with Gasteiger partial charge < -0.3 is 9.84 Å². The van der Waals surface area contributed by atoms with Gasteiger partial charge in [-0.05, 0) is 24.1 Å². The lowest BCUT2D eigenvalue weighted by Gasteiger charge is -2.10. The second-order valence-electron chi connectivity index (χ2n) is 3.08. The summed E-state index contributed by atoms with van der Waals surface area (Å²) in [6.45, 7) is 1.86. The van der Waals surface area contributed by atoms with Gasteiger partial charge >= 0.3 is 5.97 Å². The van der Waals surface area contributed by atoms with Crippen molar-refractivity contribution in [3.8, 4) is 5.75 Å². The minimum Gasteiger partial charge on any atom is -0.497 e. The Morgan fingerprint density at radius 3 is 2.79 bits per heavy atom. The molecule has 0 aromatic heterocycles. The van der Waals surface area contributed by atoms with E-state index in [2.05, 4.69) is 0 Å². The molecule has 0 amide bonds. The number of carboxylic acids is 1. The molecule has 0 aliphatic carbocycles. The third kappa shape index (κ3) is 2.25. The summed E-state index contributed by atoms with van der Waals surface area (Å²) in [5.74, 6) is -0.534. The van der Waals surface area contributed by atoms with Crippen LogP contribution in [0.1, 0.15) is 24.8 Å². The third-order valence-electron chi connectivity index (χ3n) is 2.20. The molecule has 0 aliphatic heterocycles. The molecule has 0 radical (unpaired) electrons. The summed E-state index contributed by atoms with van der Waals surface area (Å²) in [4.78, 5) is 10.9. The standard InChI is InChI=1S/C11H14O3/c1-3-10(11(12)13)8-5-4-6-9(7-8)14-2/h4-7,10H,3H2,1-2H3,(H,12,13). The SMILES string of the molecule is CCC(C(=O)O)c1cccc(OC)c1. The number of methoxy groups -OCH3 is 1. The first kappa shape index (κ1) is 10.6. The predicted molar refractivity (Wildman–Crippen MR) is 53.7 cm³/mol. The molecule has 1 atom stereocenters. The summed E-state index contributed by atoms with van der Waals surface area (Å²) in [7, 11) is 1.57. The van der Waals surface area contributed by atoms with Gasteiger partial charge in [0.25, 0.3) is 0 Å². The molecule has 0 aliphatic rings. The normalized spacial score (nSPS) is 12.1. The van der Waals surface area contributed by atoms with E-state index in [0.717, 1.165) is 5.56 Å². The van der Waals surface area contributed by atoms with E-state index in [1.165, 1.54) is 0 Å². The van der Waals surface area contributed by atoms with Crippen molar-refractivity contribution in [1.82, 2.24) is 0 Å². The predicted octanol–water partition coefficient (Wildman–Crippen LogP) is 2.27. The molecule has 0 spiro atoms. The van der Waals surface area contributed by atoms with Crippen LogP contribution < -0.4 is 4.74 Å². The number of ether oxygens (including phenoxy) is 1. The number of carbonyl (C=O) groups is 1. The Kier molecular flexibility index (Phi) is 3.51. The number of benzene rings is 1. The molecule has 1 rings (SSSR count). The van der Waals surface area contributed by atoms with Crippen LogP contribution in [0.2, 0.25) is 0 Å². The summed E-state index contributed by atoms with van der Waals surface area (Å²) in [6.07, 6.45) is 0.586. The molecule has 0 heterocycles. The Morgan fingerprint density at radius 2 is 2.29 bits per heavy atom. The maximum absolute atomic E-state index is 10.9. The molecule has 0 saturated heterocycles. The van der Waals surface area contributed by atoms with Gasteiger partial charge in [0.15, 0.2) is 0 Å². The molecule has 14 heavy (non-hydrogen) atoms. The highest BCUT2D eigenvalue weighted by Crippen LogP contribution is 2.23. The fourth-order valence-corrected chi connectivity index (χ4v) is 1.41. The van der Waals surface area contributed by atoms with Crippen LogP contribution in [-0.2, 0) is 4.79 Å². The molecular weight excluding hydrogens is 180 g/mol. The topological polar surface area (TPSA) is 46.5 Å². The molecular formula is C11H14O3. The van der Waals surface area contributed by atoms with E-state index in [9.17, 15) is 4.79 Å². The van der Waals surface area contributed by atoms with Crippen LogP contribution in [0.3, 0.4) is 0 Å². The van der Waals surface area contributed by atoms with E-state index in [0.29, 0.717) is 12.2 Å². The number of rotatable bonds is 4. The summed E-state index contributed by atoms with van der Waals surface area (Å²) < 4.78 is 5.04. The van der Waals surface area contributed by atoms with Crippen molar-refractivity contribution in [1.29, 1.82) is 0 Å². The quantitative estimate of drug-likeness (QED) is 0.799. The second kappa shape index (κ2) is 4.65. The van der Waals surface area contributed by atoms with Gasteiger partial charge in [0.2, 0.25) is 0 Å². The van der Waals surface area contributed by atoms with Gasteiger partial charge in [0, 0.05) is 0 Å². The first-order valence-corrected chi connectivity index (χ1v) is 4.55. The van der Waals surface area contributed by atoms with E-state index in [1.54, 1.807) is 25.3 Å². The van der Waals surface area contributed by atoms with Crippen LogP contribution in [0.15, 0.2) is 24.3 Å². The fourth-order valence-electron chi connectivity index (χ4n) is 1.41. The molecule has 3 nitrogen and oxygen atoms in total. The van der Waals surface area contributed by atoms with Crippen molar-refractivity contribution in [2.24, 2.45) is 0 Å². The average molecular weight is 194 g/mol. The van der Waals surface area contributed by atoms with E-state index in [1.807, 2.05) is 13.0 Å². The van der Waals surface area contributed by atoms with Gasteiger partial charge in [0.1, 0.15) is 5.75 Å². The van der Waals surface area contributed by atoms with Crippen molar-refractivity contribution in [2.45, 2.75) is 19.3 Å². The Morgan fingerprint density at radius 1 is 1.57 bits per heavy atom. The van der Waals surface area contributed by atoms with E-state index >= 15 is 0 Å². The van der Waals surface area contributed by atoms with Crippen LogP contribution in [0, 0.1) is 0 Å². The zero-order valence-electron chi connectivity index (χ0n) is 8.36. The molecule has 0 fully saturated rings. The number of carboxylic acid groups (broad SMARTS) is 1. The third-order valence-corrected chi connectivity index (χ3v) is 2.20. The maximum atomic E-state index is 10.9. The van der Waals surface area contributed by atoms with Crippen LogP contribution >= 0.6 is 0 Å². The number of hydrogen-bond donors (Lipinski definition) is 1. The zero-order chi connectivity index (χ0) is 10.6. The van der Waals surface area contributed by atoms with Gasteiger partial charge in [-0.3, -0.25) is 4.79 Å². The van der Waals surface area contributed by atoms with E-state index in [-0.39, 0.29) is 0 Å². The lowest BCUT2D eigenvalue weighted by atomic mass is 9.97.